The van der Waals surface area contributed by atoms with E-state index in [0.29, 0.717) is 19.8 Å². The minimum Gasteiger partial charge on any atom is -0.371 e. The van der Waals surface area contributed by atoms with Gasteiger partial charge in [0.2, 0.25) is 0 Å². The molecule has 0 radical (unpaired) electrons. The predicted octanol–water partition coefficient (Wildman–Crippen LogP) is 3.29. The molecule has 0 aliphatic heterocycles. The van der Waals surface area contributed by atoms with Crippen molar-refractivity contribution in [3.05, 3.63) is 41.6 Å². The maximum Gasteiger partial charge on any atom is 0.529 e. The van der Waals surface area contributed by atoms with Crippen LogP contribution in [-0.2, 0) is 13.3 Å². The molecule has 0 atom stereocenters. The summed E-state index contributed by atoms with van der Waals surface area (Å²) in [5.41, 5.74) is 3.08. The molecule has 0 heterocycles. The first-order valence-electron chi connectivity index (χ1n) is 6.42. The Morgan fingerprint density at radius 3 is 1.83 bits per heavy atom. The molecule has 0 unspecified atom stereocenters. The van der Waals surface area contributed by atoms with Gasteiger partial charge in [-0.3, -0.25) is 0 Å². The quantitative estimate of drug-likeness (QED) is 0.676. The van der Waals surface area contributed by atoms with Crippen molar-refractivity contribution in [2.45, 2.75) is 20.8 Å². The van der Waals surface area contributed by atoms with Gasteiger partial charge in [-0.05, 0) is 32.0 Å². The summed E-state index contributed by atoms with van der Waals surface area (Å²) in [6, 6.07) is 10.1. The van der Waals surface area contributed by atoms with Crippen LogP contribution in [-0.4, -0.2) is 28.6 Å². The van der Waals surface area contributed by atoms with Gasteiger partial charge in [-0.15, -0.1) is 0 Å². The van der Waals surface area contributed by atoms with Crippen LogP contribution >= 0.6 is 0 Å². The van der Waals surface area contributed by atoms with Gasteiger partial charge >= 0.3 is 8.80 Å². The van der Waals surface area contributed by atoms with E-state index in [0.717, 1.165) is 5.56 Å². The third-order valence-electron chi connectivity index (χ3n) is 2.32. The van der Waals surface area contributed by atoms with Crippen LogP contribution < -0.4 is 0 Å². The van der Waals surface area contributed by atoms with Gasteiger partial charge in [-0.25, -0.2) is 0 Å². The van der Waals surface area contributed by atoms with Crippen molar-refractivity contribution in [1.29, 1.82) is 0 Å². The highest BCUT2D eigenvalue weighted by molar-refractivity contribution is 6.67. The van der Waals surface area contributed by atoms with Crippen LogP contribution in [0.2, 0.25) is 0 Å². The van der Waals surface area contributed by atoms with Crippen molar-refractivity contribution >= 4 is 14.9 Å². The molecule has 0 fully saturated rings. The van der Waals surface area contributed by atoms with Gasteiger partial charge in [0, 0.05) is 19.8 Å². The molecule has 0 aliphatic carbocycles. The van der Waals surface area contributed by atoms with E-state index in [1.54, 1.807) is 0 Å². The lowest BCUT2D eigenvalue weighted by Crippen LogP contribution is -2.44. The van der Waals surface area contributed by atoms with Crippen LogP contribution in [0.3, 0.4) is 0 Å². The second-order valence-corrected chi connectivity index (χ2v) is 6.05. The van der Waals surface area contributed by atoms with E-state index in [9.17, 15) is 0 Å². The van der Waals surface area contributed by atoms with Crippen molar-refractivity contribution < 1.29 is 13.3 Å². The average Bonchev–Trinajstić information content (AvgIpc) is 2.39. The Hall–Kier alpha value is -0.943. The molecule has 0 N–H and O–H groups in total. The van der Waals surface area contributed by atoms with Gasteiger partial charge < -0.3 is 13.3 Å². The monoisotopic (exact) mass is 266 g/mol. The van der Waals surface area contributed by atoms with E-state index in [1.807, 2.05) is 62.9 Å². The predicted molar refractivity (Wildman–Crippen MR) is 76.1 cm³/mol. The molecule has 0 aromatic heterocycles. The van der Waals surface area contributed by atoms with Crippen molar-refractivity contribution in [3.63, 3.8) is 0 Å². The molecule has 0 bridgehead atoms. The number of hydrogen-bond donors (Lipinski definition) is 0. The van der Waals surface area contributed by atoms with Gasteiger partial charge in [0.1, 0.15) is 0 Å². The van der Waals surface area contributed by atoms with Crippen LogP contribution in [0.15, 0.2) is 36.0 Å². The molecule has 18 heavy (non-hydrogen) atoms. The molecule has 1 aromatic rings. The van der Waals surface area contributed by atoms with Crippen molar-refractivity contribution in [2.75, 3.05) is 19.8 Å². The summed E-state index contributed by atoms with van der Waals surface area (Å²) < 4.78 is 17.2. The van der Waals surface area contributed by atoms with Crippen LogP contribution in [0.25, 0.3) is 6.08 Å². The first-order chi connectivity index (χ1) is 8.76. The summed E-state index contributed by atoms with van der Waals surface area (Å²) in [7, 11) is -2.66. The highest BCUT2D eigenvalue weighted by Gasteiger charge is 2.37. The summed E-state index contributed by atoms with van der Waals surface area (Å²) in [6.07, 6.45) is 2.01. The van der Waals surface area contributed by atoms with E-state index in [2.05, 4.69) is 0 Å². The van der Waals surface area contributed by atoms with Gasteiger partial charge in [0.05, 0.1) is 0 Å². The minimum absolute atomic E-state index is 0.589. The SMILES string of the molecule is CCO[Si](C=Cc1ccccc1)(OCC)OCC. The van der Waals surface area contributed by atoms with E-state index in [4.69, 9.17) is 13.3 Å². The van der Waals surface area contributed by atoms with E-state index < -0.39 is 8.80 Å². The standard InChI is InChI=1S/C14H22O3Si/c1-4-15-18(16-5-2,17-6-3)13-12-14-10-8-7-9-11-14/h7-13H,4-6H2,1-3H3. The van der Waals surface area contributed by atoms with E-state index in [1.165, 1.54) is 0 Å². The molecule has 1 aromatic carbocycles. The molecule has 0 saturated heterocycles. The zero-order valence-corrected chi connectivity index (χ0v) is 12.4. The fourth-order valence-electron chi connectivity index (χ4n) is 1.64. The molecule has 0 spiro atoms. The second-order valence-electron chi connectivity index (χ2n) is 3.65. The lowest BCUT2D eigenvalue weighted by Gasteiger charge is -2.25. The van der Waals surface area contributed by atoms with Crippen LogP contribution in [0, 0.1) is 0 Å². The molecular weight excluding hydrogens is 244 g/mol. The zero-order chi connectivity index (χ0) is 13.3. The van der Waals surface area contributed by atoms with Crippen LogP contribution in [0.4, 0.5) is 0 Å². The molecule has 0 saturated carbocycles. The van der Waals surface area contributed by atoms with Crippen molar-refractivity contribution in [2.24, 2.45) is 0 Å². The number of hydrogen-bond acceptors (Lipinski definition) is 3. The largest absolute Gasteiger partial charge is 0.529 e. The molecule has 1 rings (SSSR count). The lowest BCUT2D eigenvalue weighted by molar-refractivity contribution is 0.0845. The summed E-state index contributed by atoms with van der Waals surface area (Å²) in [4.78, 5) is 0. The Bertz CT molecular complexity index is 334. The fourth-order valence-corrected chi connectivity index (χ4v) is 3.78. The van der Waals surface area contributed by atoms with E-state index in [-0.39, 0.29) is 0 Å². The summed E-state index contributed by atoms with van der Waals surface area (Å²) in [6.45, 7) is 7.63. The molecule has 0 amide bonds. The Balaban J connectivity index is 2.84. The fraction of sp³-hybridized carbons (Fsp3) is 0.429. The minimum atomic E-state index is -2.66. The van der Waals surface area contributed by atoms with Crippen molar-refractivity contribution in [1.82, 2.24) is 0 Å². The first kappa shape index (κ1) is 15.1. The molecule has 100 valence electrons. The van der Waals surface area contributed by atoms with Crippen LogP contribution in [0.1, 0.15) is 26.3 Å². The Labute approximate surface area is 111 Å². The highest BCUT2D eigenvalue weighted by Crippen LogP contribution is 2.14. The third kappa shape index (κ3) is 4.74. The Morgan fingerprint density at radius 1 is 0.889 bits per heavy atom. The molecule has 4 heteroatoms. The summed E-state index contributed by atoms with van der Waals surface area (Å²) in [5.74, 6) is 0. The zero-order valence-electron chi connectivity index (χ0n) is 11.4. The first-order valence-corrected chi connectivity index (χ1v) is 8.22. The average molecular weight is 266 g/mol. The van der Waals surface area contributed by atoms with Crippen molar-refractivity contribution in [3.8, 4) is 0 Å². The van der Waals surface area contributed by atoms with Gasteiger partial charge in [-0.1, -0.05) is 36.4 Å². The topological polar surface area (TPSA) is 27.7 Å². The summed E-state index contributed by atoms with van der Waals surface area (Å²) >= 11 is 0. The van der Waals surface area contributed by atoms with Crippen LogP contribution in [0.5, 0.6) is 0 Å². The van der Waals surface area contributed by atoms with E-state index >= 15 is 0 Å². The lowest BCUT2D eigenvalue weighted by atomic mass is 10.2. The Morgan fingerprint density at radius 2 is 1.39 bits per heavy atom. The molecule has 3 nitrogen and oxygen atoms in total. The highest BCUT2D eigenvalue weighted by atomic mass is 28.4. The maximum atomic E-state index is 5.74. The summed E-state index contributed by atoms with van der Waals surface area (Å²) in [5, 5.41) is 0. The third-order valence-corrected chi connectivity index (χ3v) is 4.96. The smallest absolute Gasteiger partial charge is 0.371 e. The van der Waals surface area contributed by atoms with Gasteiger partial charge in [0.15, 0.2) is 0 Å². The second kappa shape index (κ2) is 8.21. The Kier molecular flexibility index (Phi) is 6.89. The number of rotatable bonds is 8. The molecule has 0 aliphatic rings. The van der Waals surface area contributed by atoms with Gasteiger partial charge in [0.25, 0.3) is 0 Å². The number of benzene rings is 1. The molecular formula is C14H22O3Si. The maximum absolute atomic E-state index is 5.74. The normalized spacial score (nSPS) is 12.2. The van der Waals surface area contributed by atoms with Gasteiger partial charge in [-0.2, -0.15) is 0 Å².